The van der Waals surface area contributed by atoms with E-state index in [-0.39, 0.29) is 16.7 Å². The van der Waals surface area contributed by atoms with Gasteiger partial charge in [-0.1, -0.05) is 17.7 Å². The van der Waals surface area contributed by atoms with Gasteiger partial charge >= 0.3 is 0 Å². The van der Waals surface area contributed by atoms with Crippen LogP contribution in [0, 0.1) is 21.4 Å². The average Bonchev–Trinajstić information content (AvgIpc) is 2.46. The summed E-state index contributed by atoms with van der Waals surface area (Å²) in [6.07, 6.45) is 0. The van der Waals surface area contributed by atoms with Gasteiger partial charge < -0.3 is 10.1 Å². The minimum atomic E-state index is -0.577. The Morgan fingerprint density at radius 1 is 1.48 bits per heavy atom. The Bertz CT molecular complexity index is 743. The monoisotopic (exact) mass is 304 g/mol. The van der Waals surface area contributed by atoms with Crippen molar-refractivity contribution in [1.82, 2.24) is 4.98 Å². The summed E-state index contributed by atoms with van der Waals surface area (Å²) in [6, 6.07) is 9.27. The van der Waals surface area contributed by atoms with E-state index in [0.29, 0.717) is 17.0 Å². The van der Waals surface area contributed by atoms with Crippen LogP contribution in [0.2, 0.25) is 5.15 Å². The number of rotatable bonds is 4. The third-order valence-electron chi connectivity index (χ3n) is 2.61. The van der Waals surface area contributed by atoms with Gasteiger partial charge in [-0.2, -0.15) is 5.26 Å². The largest absolute Gasteiger partial charge is 0.495 e. The van der Waals surface area contributed by atoms with Crippen LogP contribution in [0.4, 0.5) is 17.2 Å². The van der Waals surface area contributed by atoms with Crippen LogP contribution in [0.1, 0.15) is 5.56 Å². The summed E-state index contributed by atoms with van der Waals surface area (Å²) in [6.45, 7) is 0. The molecule has 1 N–H and O–H groups in total. The van der Waals surface area contributed by atoms with Crippen molar-refractivity contribution in [1.29, 1.82) is 5.26 Å². The van der Waals surface area contributed by atoms with Gasteiger partial charge in [0, 0.05) is 0 Å². The molecule has 2 aromatic rings. The molecular formula is C13H9ClN4O3. The Kier molecular flexibility index (Phi) is 4.21. The summed E-state index contributed by atoms with van der Waals surface area (Å²) >= 11 is 5.76. The van der Waals surface area contributed by atoms with Gasteiger partial charge in [-0.05, 0) is 12.1 Å². The first-order valence-electron chi connectivity index (χ1n) is 5.71. The van der Waals surface area contributed by atoms with Crippen molar-refractivity contribution in [2.75, 3.05) is 12.4 Å². The fraction of sp³-hybridized carbons (Fsp3) is 0.0769. The van der Waals surface area contributed by atoms with Crippen LogP contribution in [0.5, 0.6) is 5.75 Å². The van der Waals surface area contributed by atoms with Gasteiger partial charge in [0.1, 0.15) is 28.5 Å². The molecule has 8 heteroatoms. The van der Waals surface area contributed by atoms with Crippen molar-refractivity contribution in [2.24, 2.45) is 0 Å². The van der Waals surface area contributed by atoms with Gasteiger partial charge in [0.25, 0.3) is 5.69 Å². The van der Waals surface area contributed by atoms with Gasteiger partial charge in [-0.25, -0.2) is 4.98 Å². The maximum Gasteiger partial charge on any atom is 0.276 e. The lowest BCUT2D eigenvalue weighted by molar-refractivity contribution is -0.384. The van der Waals surface area contributed by atoms with Crippen LogP contribution in [0.25, 0.3) is 0 Å². The van der Waals surface area contributed by atoms with Crippen molar-refractivity contribution >= 4 is 28.8 Å². The van der Waals surface area contributed by atoms with E-state index in [9.17, 15) is 10.1 Å². The van der Waals surface area contributed by atoms with Gasteiger partial charge in [-0.3, -0.25) is 10.1 Å². The van der Waals surface area contributed by atoms with E-state index >= 15 is 0 Å². The Labute approximate surface area is 124 Å². The molecule has 0 aliphatic rings. The summed E-state index contributed by atoms with van der Waals surface area (Å²) in [5.41, 5.74) is 0.483. The number of nitrogens with one attached hydrogen (secondary N) is 1. The van der Waals surface area contributed by atoms with Gasteiger partial charge in [0.2, 0.25) is 0 Å². The highest BCUT2D eigenvalue weighted by Crippen LogP contribution is 2.31. The predicted octanol–water partition coefficient (Wildman–Crippen LogP) is 3.27. The van der Waals surface area contributed by atoms with E-state index in [2.05, 4.69) is 10.3 Å². The van der Waals surface area contributed by atoms with E-state index in [1.54, 1.807) is 18.2 Å². The number of halogens is 1. The lowest BCUT2D eigenvalue weighted by atomic mass is 10.1. The number of anilines is 2. The molecule has 0 saturated heterocycles. The molecule has 0 bridgehead atoms. The van der Waals surface area contributed by atoms with Gasteiger partial charge in [-0.15, -0.1) is 0 Å². The zero-order valence-corrected chi connectivity index (χ0v) is 11.6. The number of ether oxygens (including phenoxy) is 1. The van der Waals surface area contributed by atoms with Crippen molar-refractivity contribution in [2.45, 2.75) is 0 Å². The number of benzene rings is 1. The highest BCUT2D eigenvalue weighted by atomic mass is 35.5. The molecule has 0 saturated carbocycles. The molecule has 0 aliphatic carbocycles. The molecule has 0 radical (unpaired) electrons. The second-order valence-corrected chi connectivity index (χ2v) is 4.30. The van der Waals surface area contributed by atoms with Crippen LogP contribution < -0.4 is 10.1 Å². The Hall–Kier alpha value is -2.85. The summed E-state index contributed by atoms with van der Waals surface area (Å²) < 4.78 is 5.16. The SMILES string of the molecule is COc1cccc(C#N)c1Nc1cc([N+](=O)[O-])cc(Cl)n1. The third kappa shape index (κ3) is 3.19. The van der Waals surface area contributed by atoms with Crippen LogP contribution in [0.3, 0.4) is 0 Å². The fourth-order valence-electron chi connectivity index (χ4n) is 1.70. The number of para-hydroxylation sites is 1. The maximum absolute atomic E-state index is 10.8. The molecular weight excluding hydrogens is 296 g/mol. The van der Waals surface area contributed by atoms with E-state index in [1.807, 2.05) is 6.07 Å². The minimum absolute atomic E-state index is 0.0277. The van der Waals surface area contributed by atoms with Crippen LogP contribution in [-0.4, -0.2) is 17.0 Å². The molecule has 0 atom stereocenters. The minimum Gasteiger partial charge on any atom is -0.495 e. The fourth-order valence-corrected chi connectivity index (χ4v) is 1.91. The third-order valence-corrected chi connectivity index (χ3v) is 2.80. The summed E-state index contributed by atoms with van der Waals surface area (Å²) in [5, 5.41) is 22.7. The van der Waals surface area contributed by atoms with Gasteiger partial charge in [0.15, 0.2) is 0 Å². The van der Waals surface area contributed by atoms with Crippen molar-refractivity contribution in [3.8, 4) is 11.8 Å². The molecule has 0 aliphatic heterocycles. The zero-order chi connectivity index (χ0) is 15.4. The lowest BCUT2D eigenvalue weighted by Crippen LogP contribution is -2.00. The van der Waals surface area contributed by atoms with Crippen molar-refractivity contribution < 1.29 is 9.66 Å². The molecule has 106 valence electrons. The molecule has 2 rings (SSSR count). The second kappa shape index (κ2) is 6.07. The van der Waals surface area contributed by atoms with Crippen LogP contribution in [-0.2, 0) is 0 Å². The summed E-state index contributed by atoms with van der Waals surface area (Å²) in [5.74, 6) is 0.564. The molecule has 7 nitrogen and oxygen atoms in total. The smallest absolute Gasteiger partial charge is 0.276 e. The molecule has 0 unspecified atom stereocenters. The Balaban J connectivity index is 2.48. The number of methoxy groups -OCH3 is 1. The number of hydrogen-bond donors (Lipinski definition) is 1. The number of hydrogen-bond acceptors (Lipinski definition) is 6. The first kappa shape index (κ1) is 14.6. The maximum atomic E-state index is 10.8. The zero-order valence-electron chi connectivity index (χ0n) is 10.8. The van der Waals surface area contributed by atoms with E-state index in [1.165, 1.54) is 13.2 Å². The van der Waals surface area contributed by atoms with Crippen molar-refractivity contribution in [3.63, 3.8) is 0 Å². The first-order chi connectivity index (χ1) is 10.0. The number of nitro groups is 1. The molecule has 1 heterocycles. The molecule has 1 aromatic heterocycles. The number of pyridine rings is 1. The second-order valence-electron chi connectivity index (χ2n) is 3.91. The normalized spacial score (nSPS) is 9.76. The van der Waals surface area contributed by atoms with E-state index in [0.717, 1.165) is 6.07 Å². The quantitative estimate of drug-likeness (QED) is 0.528. The lowest BCUT2D eigenvalue weighted by Gasteiger charge is -2.12. The van der Waals surface area contributed by atoms with E-state index in [4.69, 9.17) is 21.6 Å². The molecule has 21 heavy (non-hydrogen) atoms. The Morgan fingerprint density at radius 3 is 2.86 bits per heavy atom. The van der Waals surface area contributed by atoms with Crippen LogP contribution in [0.15, 0.2) is 30.3 Å². The number of aromatic nitrogens is 1. The first-order valence-corrected chi connectivity index (χ1v) is 6.09. The molecule has 1 aromatic carbocycles. The Morgan fingerprint density at radius 2 is 2.24 bits per heavy atom. The molecule has 0 amide bonds. The summed E-state index contributed by atoms with van der Waals surface area (Å²) in [4.78, 5) is 14.2. The van der Waals surface area contributed by atoms with Gasteiger partial charge in [0.05, 0.1) is 29.7 Å². The number of nitrogens with zero attached hydrogens (tertiary/aromatic N) is 3. The van der Waals surface area contributed by atoms with E-state index < -0.39 is 4.92 Å². The standard InChI is InChI=1S/C13H9ClN4O3/c1-21-10-4-2-3-8(7-15)13(10)17-12-6-9(18(19)20)5-11(14)16-12/h2-6H,1H3,(H,16,17). The summed E-state index contributed by atoms with van der Waals surface area (Å²) in [7, 11) is 1.45. The molecule has 0 fully saturated rings. The topological polar surface area (TPSA) is 101 Å². The van der Waals surface area contributed by atoms with Crippen molar-refractivity contribution in [3.05, 3.63) is 51.2 Å². The highest BCUT2D eigenvalue weighted by Gasteiger charge is 2.14. The molecule has 0 spiro atoms. The number of nitriles is 1. The van der Waals surface area contributed by atoms with Crippen LogP contribution >= 0.6 is 11.6 Å². The highest BCUT2D eigenvalue weighted by molar-refractivity contribution is 6.29. The average molecular weight is 305 g/mol. The predicted molar refractivity (Wildman–Crippen MR) is 76.9 cm³/mol.